The van der Waals surface area contributed by atoms with Gasteiger partial charge in [0, 0.05) is 6.20 Å². The molecule has 7 nitrogen and oxygen atoms in total. The summed E-state index contributed by atoms with van der Waals surface area (Å²) >= 11 is 0. The predicted molar refractivity (Wildman–Crippen MR) is 63.7 cm³/mol. The lowest BCUT2D eigenvalue weighted by Gasteiger charge is -2.13. The monoisotopic (exact) mass is 252 g/mol. The van der Waals surface area contributed by atoms with Crippen molar-refractivity contribution < 1.29 is 14.7 Å². The highest BCUT2D eigenvalue weighted by Gasteiger charge is 2.18. The molecule has 1 rings (SSSR count). The van der Waals surface area contributed by atoms with Crippen molar-refractivity contribution in [3.63, 3.8) is 0 Å². The van der Waals surface area contributed by atoms with Crippen molar-refractivity contribution in [1.82, 2.24) is 20.8 Å². The van der Waals surface area contributed by atoms with E-state index in [9.17, 15) is 9.59 Å². The summed E-state index contributed by atoms with van der Waals surface area (Å²) in [6.45, 7) is 2.06. The molecule has 98 valence electrons. The van der Waals surface area contributed by atoms with E-state index in [1.165, 1.54) is 6.20 Å². The third kappa shape index (κ3) is 4.77. The normalized spacial score (nSPS) is 11.6. The second-order valence-corrected chi connectivity index (χ2v) is 3.72. The minimum Gasteiger partial charge on any atom is -0.480 e. The number of aliphatic carboxylic acids is 1. The number of nitrogens with zero attached hydrogens (tertiary/aromatic N) is 2. The van der Waals surface area contributed by atoms with Crippen LogP contribution in [-0.2, 0) is 11.3 Å². The van der Waals surface area contributed by atoms with Gasteiger partial charge in [-0.3, -0.25) is 0 Å². The van der Waals surface area contributed by atoms with Crippen LogP contribution in [0, 0.1) is 0 Å². The molecule has 3 N–H and O–H groups in total. The lowest BCUT2D eigenvalue weighted by atomic mass is 10.2. The largest absolute Gasteiger partial charge is 0.480 e. The van der Waals surface area contributed by atoms with E-state index in [1.54, 1.807) is 12.1 Å². The van der Waals surface area contributed by atoms with Gasteiger partial charge >= 0.3 is 12.0 Å². The SMILES string of the molecule is CCC[C@@H](NC(=O)NCc1cccnn1)C(=O)O. The Balaban J connectivity index is 2.39. The van der Waals surface area contributed by atoms with Crippen LogP contribution < -0.4 is 10.6 Å². The van der Waals surface area contributed by atoms with Crippen molar-refractivity contribution >= 4 is 12.0 Å². The van der Waals surface area contributed by atoms with Crippen LogP contribution in [0.15, 0.2) is 18.3 Å². The number of hydrogen-bond donors (Lipinski definition) is 3. The summed E-state index contributed by atoms with van der Waals surface area (Å²) in [6, 6.07) is 2.03. The van der Waals surface area contributed by atoms with Crippen LogP contribution in [0.1, 0.15) is 25.5 Å². The third-order valence-corrected chi connectivity index (χ3v) is 2.24. The van der Waals surface area contributed by atoms with Crippen LogP contribution in [-0.4, -0.2) is 33.3 Å². The summed E-state index contributed by atoms with van der Waals surface area (Å²) in [5.41, 5.74) is 0.606. The Bertz CT molecular complexity index is 397. The zero-order valence-corrected chi connectivity index (χ0v) is 10.1. The van der Waals surface area contributed by atoms with E-state index in [1.807, 2.05) is 6.92 Å². The second kappa shape index (κ2) is 7.21. The number of urea groups is 1. The minimum atomic E-state index is -1.04. The molecule has 0 radical (unpaired) electrons. The van der Waals surface area contributed by atoms with Gasteiger partial charge in [-0.15, -0.1) is 0 Å². The summed E-state index contributed by atoms with van der Waals surface area (Å²) in [4.78, 5) is 22.3. The molecule has 0 spiro atoms. The molecule has 0 aromatic carbocycles. The number of amides is 2. The standard InChI is InChI=1S/C11H16N4O3/c1-2-4-9(10(16)17)14-11(18)12-7-8-5-3-6-13-15-8/h3,5-6,9H,2,4,7H2,1H3,(H,16,17)(H2,12,14,18)/t9-/m1/s1. The molecule has 7 heteroatoms. The highest BCUT2D eigenvalue weighted by Crippen LogP contribution is 1.97. The van der Waals surface area contributed by atoms with Crippen LogP contribution in [0.4, 0.5) is 4.79 Å². The fourth-order valence-corrected chi connectivity index (χ4v) is 1.35. The van der Waals surface area contributed by atoms with Crippen molar-refractivity contribution in [2.45, 2.75) is 32.4 Å². The molecule has 1 aromatic rings. The molecular weight excluding hydrogens is 236 g/mol. The van der Waals surface area contributed by atoms with Gasteiger partial charge in [0.15, 0.2) is 0 Å². The number of carbonyl (C=O) groups is 2. The Kier molecular flexibility index (Phi) is 5.56. The Morgan fingerprint density at radius 3 is 2.83 bits per heavy atom. The molecule has 0 fully saturated rings. The maximum absolute atomic E-state index is 11.5. The molecule has 0 saturated carbocycles. The molecule has 0 aliphatic carbocycles. The molecule has 1 heterocycles. The number of carbonyl (C=O) groups excluding carboxylic acids is 1. The topological polar surface area (TPSA) is 104 Å². The third-order valence-electron chi connectivity index (χ3n) is 2.24. The van der Waals surface area contributed by atoms with Gasteiger partial charge in [0.1, 0.15) is 6.04 Å². The zero-order valence-electron chi connectivity index (χ0n) is 10.1. The fraction of sp³-hybridized carbons (Fsp3) is 0.455. The van der Waals surface area contributed by atoms with Crippen LogP contribution >= 0.6 is 0 Å². The van der Waals surface area contributed by atoms with Crippen LogP contribution in [0.2, 0.25) is 0 Å². The average Bonchev–Trinajstić information content (AvgIpc) is 2.37. The van der Waals surface area contributed by atoms with Crippen molar-refractivity contribution in [2.75, 3.05) is 0 Å². The molecule has 1 atom stereocenters. The minimum absolute atomic E-state index is 0.206. The second-order valence-electron chi connectivity index (χ2n) is 3.72. The summed E-state index contributed by atoms with van der Waals surface area (Å²) in [6.07, 6.45) is 2.61. The highest BCUT2D eigenvalue weighted by molar-refractivity contribution is 5.82. The van der Waals surface area contributed by atoms with Gasteiger partial charge in [-0.25, -0.2) is 9.59 Å². The Morgan fingerprint density at radius 2 is 2.28 bits per heavy atom. The van der Waals surface area contributed by atoms with Gasteiger partial charge in [0.2, 0.25) is 0 Å². The first kappa shape index (κ1) is 13.9. The van der Waals surface area contributed by atoms with Crippen LogP contribution in [0.25, 0.3) is 0 Å². The lowest BCUT2D eigenvalue weighted by Crippen LogP contribution is -2.45. The Morgan fingerprint density at radius 1 is 1.50 bits per heavy atom. The van der Waals surface area contributed by atoms with Crippen molar-refractivity contribution in [3.05, 3.63) is 24.0 Å². The number of carboxylic acid groups (broad SMARTS) is 1. The van der Waals surface area contributed by atoms with Crippen LogP contribution in [0.3, 0.4) is 0 Å². The molecule has 1 aromatic heterocycles. The first-order valence-electron chi connectivity index (χ1n) is 5.67. The maximum Gasteiger partial charge on any atom is 0.326 e. The van der Waals surface area contributed by atoms with Gasteiger partial charge in [-0.2, -0.15) is 10.2 Å². The van der Waals surface area contributed by atoms with E-state index in [0.29, 0.717) is 18.5 Å². The maximum atomic E-state index is 11.5. The van der Waals surface area contributed by atoms with Gasteiger partial charge in [0.25, 0.3) is 0 Å². The summed E-state index contributed by atoms with van der Waals surface area (Å²) in [5.74, 6) is -1.04. The molecule has 0 bridgehead atoms. The molecule has 0 aliphatic heterocycles. The molecule has 0 unspecified atom stereocenters. The van der Waals surface area contributed by atoms with Crippen molar-refractivity contribution in [3.8, 4) is 0 Å². The molecule has 0 saturated heterocycles. The van der Waals surface area contributed by atoms with Crippen molar-refractivity contribution in [2.24, 2.45) is 0 Å². The number of nitrogens with one attached hydrogen (secondary N) is 2. The summed E-state index contributed by atoms with van der Waals surface area (Å²) < 4.78 is 0. The number of aromatic nitrogens is 2. The Hall–Kier alpha value is -2.18. The highest BCUT2D eigenvalue weighted by atomic mass is 16.4. The number of rotatable bonds is 6. The number of hydrogen-bond acceptors (Lipinski definition) is 4. The van der Waals surface area contributed by atoms with E-state index in [-0.39, 0.29) is 6.54 Å². The van der Waals surface area contributed by atoms with Gasteiger partial charge in [0.05, 0.1) is 12.2 Å². The quantitative estimate of drug-likeness (QED) is 0.685. The lowest BCUT2D eigenvalue weighted by molar-refractivity contribution is -0.139. The first-order valence-corrected chi connectivity index (χ1v) is 5.67. The molecule has 0 aliphatic rings. The predicted octanol–water partition coefficient (Wildman–Crippen LogP) is 0.529. The van der Waals surface area contributed by atoms with E-state index >= 15 is 0 Å². The first-order chi connectivity index (χ1) is 8.63. The number of carboxylic acids is 1. The van der Waals surface area contributed by atoms with Gasteiger partial charge in [-0.05, 0) is 18.6 Å². The summed E-state index contributed by atoms with van der Waals surface area (Å²) in [5, 5.41) is 21.2. The summed E-state index contributed by atoms with van der Waals surface area (Å²) in [7, 11) is 0. The molecule has 2 amide bonds. The van der Waals surface area contributed by atoms with E-state index in [0.717, 1.165) is 0 Å². The van der Waals surface area contributed by atoms with Gasteiger partial charge in [-0.1, -0.05) is 13.3 Å². The molecule has 18 heavy (non-hydrogen) atoms. The van der Waals surface area contributed by atoms with Gasteiger partial charge < -0.3 is 15.7 Å². The smallest absolute Gasteiger partial charge is 0.326 e. The Labute approximate surface area is 105 Å². The fourth-order valence-electron chi connectivity index (χ4n) is 1.35. The average molecular weight is 252 g/mol. The zero-order chi connectivity index (χ0) is 13.4. The van der Waals surface area contributed by atoms with Crippen molar-refractivity contribution in [1.29, 1.82) is 0 Å². The van der Waals surface area contributed by atoms with E-state index in [2.05, 4.69) is 20.8 Å². The van der Waals surface area contributed by atoms with E-state index < -0.39 is 18.0 Å². The van der Waals surface area contributed by atoms with E-state index in [4.69, 9.17) is 5.11 Å². The van der Waals surface area contributed by atoms with Crippen LogP contribution in [0.5, 0.6) is 0 Å². The molecular formula is C11H16N4O3.